The molecule has 112 valence electrons. The van der Waals surface area contributed by atoms with Crippen LogP contribution in [0, 0.1) is 23.3 Å². The van der Waals surface area contributed by atoms with Crippen LogP contribution in [0.1, 0.15) is 31.8 Å². The number of phenolic OH excluding ortho intramolecular Hbond substituents is 2. The van der Waals surface area contributed by atoms with Crippen LogP contribution in [0.2, 0.25) is 0 Å². The molecule has 2 aromatic rings. The van der Waals surface area contributed by atoms with Crippen molar-refractivity contribution in [3.63, 3.8) is 0 Å². The average Bonchev–Trinajstić information content (AvgIpc) is 2.49. The van der Waals surface area contributed by atoms with E-state index in [-0.39, 0.29) is 0 Å². The van der Waals surface area contributed by atoms with Crippen molar-refractivity contribution in [2.75, 3.05) is 0 Å². The zero-order chi connectivity index (χ0) is 16.3. The van der Waals surface area contributed by atoms with E-state index in [1.807, 2.05) is 0 Å². The van der Waals surface area contributed by atoms with Crippen molar-refractivity contribution in [1.29, 1.82) is 0 Å². The number of fused-ring (bicyclic) bond motifs is 2. The number of hydrogen-bond donors (Lipinski definition) is 2. The van der Waals surface area contributed by atoms with Gasteiger partial charge in [0.1, 0.15) is 0 Å². The molecule has 2 aromatic carbocycles. The summed E-state index contributed by atoms with van der Waals surface area (Å²) in [5, 5.41) is 18.8. The average molecular weight is 312 g/mol. The maximum atomic E-state index is 13.8. The molecule has 0 bridgehead atoms. The Kier molecular flexibility index (Phi) is 2.74. The van der Waals surface area contributed by atoms with Crippen molar-refractivity contribution in [2.24, 2.45) is 0 Å². The highest BCUT2D eigenvalue weighted by molar-refractivity contribution is 6.29. The third-order valence-corrected chi connectivity index (χ3v) is 3.35. The van der Waals surface area contributed by atoms with Gasteiger partial charge in [-0.25, -0.2) is 13.2 Å². The number of benzene rings is 2. The van der Waals surface area contributed by atoms with Crippen molar-refractivity contribution in [3.05, 3.63) is 57.7 Å². The molecule has 1 aliphatic rings. The number of carbonyl (C=O) groups is 2. The lowest BCUT2D eigenvalue weighted by Gasteiger charge is -2.20. The van der Waals surface area contributed by atoms with Gasteiger partial charge in [-0.2, -0.15) is 4.39 Å². The third-order valence-electron chi connectivity index (χ3n) is 3.35. The van der Waals surface area contributed by atoms with Gasteiger partial charge in [-0.3, -0.25) is 9.59 Å². The maximum absolute atomic E-state index is 13.8. The molecule has 3 rings (SSSR count). The van der Waals surface area contributed by atoms with Crippen LogP contribution in [-0.4, -0.2) is 21.8 Å². The Morgan fingerprint density at radius 2 is 1.32 bits per heavy atom. The van der Waals surface area contributed by atoms with Gasteiger partial charge >= 0.3 is 0 Å². The molecular formula is C14H4F4O4. The zero-order valence-electron chi connectivity index (χ0n) is 10.4. The first kappa shape index (κ1) is 14.1. The molecule has 8 heteroatoms. The van der Waals surface area contributed by atoms with Gasteiger partial charge in [0.25, 0.3) is 0 Å². The van der Waals surface area contributed by atoms with Gasteiger partial charge in [0.05, 0.1) is 16.7 Å². The van der Waals surface area contributed by atoms with Crippen LogP contribution in [0.4, 0.5) is 17.6 Å². The summed E-state index contributed by atoms with van der Waals surface area (Å²) < 4.78 is 54.2. The topological polar surface area (TPSA) is 74.6 Å². The number of phenols is 2. The van der Waals surface area contributed by atoms with Crippen LogP contribution in [-0.2, 0) is 0 Å². The molecule has 2 N–H and O–H groups in total. The Hall–Kier alpha value is -2.90. The van der Waals surface area contributed by atoms with E-state index < -0.39 is 68.6 Å². The van der Waals surface area contributed by atoms with Gasteiger partial charge in [-0.15, -0.1) is 0 Å². The van der Waals surface area contributed by atoms with E-state index >= 15 is 0 Å². The van der Waals surface area contributed by atoms with Crippen LogP contribution in [0.15, 0.2) is 12.1 Å². The van der Waals surface area contributed by atoms with E-state index in [1.54, 1.807) is 0 Å². The second-order valence-electron chi connectivity index (χ2n) is 4.52. The quantitative estimate of drug-likeness (QED) is 0.494. The molecular weight excluding hydrogens is 308 g/mol. The number of aromatic hydroxyl groups is 2. The first-order valence-electron chi connectivity index (χ1n) is 5.77. The molecule has 4 nitrogen and oxygen atoms in total. The van der Waals surface area contributed by atoms with Crippen molar-refractivity contribution >= 4 is 11.6 Å². The monoisotopic (exact) mass is 312 g/mol. The van der Waals surface area contributed by atoms with Crippen LogP contribution >= 0.6 is 0 Å². The summed E-state index contributed by atoms with van der Waals surface area (Å²) in [5.41, 5.74) is -3.94. The number of carbonyl (C=O) groups excluding carboxylic acids is 2. The van der Waals surface area contributed by atoms with Crippen LogP contribution < -0.4 is 0 Å². The maximum Gasteiger partial charge on any atom is 0.205 e. The van der Waals surface area contributed by atoms with E-state index in [4.69, 9.17) is 0 Å². The standard InChI is InChI=1S/C14H4F4O4/c15-4-2-1-3-5(8(4)16)12(20)6-7(11(3)19)13(21)14(22)10(18)9(6)17/h1-2,21-22H. The minimum atomic E-state index is -1.97. The molecule has 22 heavy (non-hydrogen) atoms. The lowest BCUT2D eigenvalue weighted by Crippen LogP contribution is -2.25. The normalized spacial score (nSPS) is 13.1. The van der Waals surface area contributed by atoms with Gasteiger partial charge in [-0.05, 0) is 12.1 Å². The summed E-state index contributed by atoms with van der Waals surface area (Å²) in [6.07, 6.45) is 0. The fraction of sp³-hybridized carbons (Fsp3) is 0. The molecule has 0 atom stereocenters. The predicted octanol–water partition coefficient (Wildman–Crippen LogP) is 2.43. The smallest absolute Gasteiger partial charge is 0.205 e. The van der Waals surface area contributed by atoms with Crippen LogP contribution in [0.5, 0.6) is 11.5 Å². The fourth-order valence-electron chi connectivity index (χ4n) is 2.32. The second-order valence-corrected chi connectivity index (χ2v) is 4.52. The third kappa shape index (κ3) is 1.51. The van der Waals surface area contributed by atoms with Crippen molar-refractivity contribution < 1.29 is 37.4 Å². The Balaban J connectivity index is 2.47. The van der Waals surface area contributed by atoms with E-state index in [1.165, 1.54) is 0 Å². The van der Waals surface area contributed by atoms with E-state index in [2.05, 4.69) is 0 Å². The van der Waals surface area contributed by atoms with E-state index in [9.17, 15) is 37.4 Å². The second kappa shape index (κ2) is 4.30. The summed E-state index contributed by atoms with van der Waals surface area (Å²) in [6.45, 7) is 0. The minimum Gasteiger partial charge on any atom is -0.504 e. The lowest BCUT2D eigenvalue weighted by atomic mass is 9.82. The van der Waals surface area contributed by atoms with Crippen molar-refractivity contribution in [3.8, 4) is 11.5 Å². The van der Waals surface area contributed by atoms with Gasteiger partial charge in [0.15, 0.2) is 34.7 Å². The molecule has 0 saturated heterocycles. The Bertz CT molecular complexity index is 889. The fourth-order valence-corrected chi connectivity index (χ4v) is 2.32. The Morgan fingerprint density at radius 1 is 0.682 bits per heavy atom. The number of hydrogen-bond acceptors (Lipinski definition) is 4. The summed E-state index contributed by atoms with van der Waals surface area (Å²) in [6, 6.07) is 1.34. The van der Waals surface area contributed by atoms with Gasteiger partial charge in [-0.1, -0.05) is 0 Å². The summed E-state index contributed by atoms with van der Waals surface area (Å²) in [7, 11) is 0. The van der Waals surface area contributed by atoms with Crippen molar-refractivity contribution in [1.82, 2.24) is 0 Å². The number of ketones is 2. The summed E-state index contributed by atoms with van der Waals surface area (Å²) >= 11 is 0. The molecule has 0 fully saturated rings. The summed E-state index contributed by atoms with van der Waals surface area (Å²) in [4.78, 5) is 24.3. The Morgan fingerprint density at radius 3 is 1.95 bits per heavy atom. The van der Waals surface area contributed by atoms with E-state index in [0.717, 1.165) is 6.07 Å². The molecule has 0 amide bonds. The Labute approximate surface area is 119 Å². The largest absolute Gasteiger partial charge is 0.504 e. The van der Waals surface area contributed by atoms with Crippen molar-refractivity contribution in [2.45, 2.75) is 0 Å². The van der Waals surface area contributed by atoms with E-state index in [0.29, 0.717) is 6.07 Å². The molecule has 0 aliphatic heterocycles. The SMILES string of the molecule is O=C1c2ccc(F)c(F)c2C(=O)c2c(F)c(F)c(O)c(O)c21. The molecule has 0 spiro atoms. The molecule has 0 saturated carbocycles. The first-order valence-corrected chi connectivity index (χ1v) is 5.77. The van der Waals surface area contributed by atoms with Gasteiger partial charge in [0, 0.05) is 5.56 Å². The first-order chi connectivity index (χ1) is 10.3. The van der Waals surface area contributed by atoms with Gasteiger partial charge in [0.2, 0.25) is 11.6 Å². The highest BCUT2D eigenvalue weighted by Crippen LogP contribution is 2.42. The molecule has 0 aromatic heterocycles. The number of halogens is 4. The molecule has 0 radical (unpaired) electrons. The highest BCUT2D eigenvalue weighted by Gasteiger charge is 2.40. The van der Waals surface area contributed by atoms with Crippen LogP contribution in [0.3, 0.4) is 0 Å². The van der Waals surface area contributed by atoms with Crippen LogP contribution in [0.25, 0.3) is 0 Å². The number of rotatable bonds is 0. The zero-order valence-corrected chi connectivity index (χ0v) is 10.4. The molecule has 0 unspecified atom stereocenters. The minimum absolute atomic E-state index is 0.571. The predicted molar refractivity (Wildman–Crippen MR) is 62.9 cm³/mol. The highest BCUT2D eigenvalue weighted by atomic mass is 19.2. The lowest BCUT2D eigenvalue weighted by molar-refractivity contribution is 0.0967. The molecule has 1 aliphatic carbocycles. The summed E-state index contributed by atoms with van der Waals surface area (Å²) in [5.74, 6) is -12.7. The van der Waals surface area contributed by atoms with Gasteiger partial charge < -0.3 is 10.2 Å². The molecule has 0 heterocycles.